The van der Waals surface area contributed by atoms with Crippen molar-refractivity contribution in [1.82, 2.24) is 20.1 Å². The average Bonchev–Trinajstić information content (AvgIpc) is 3.49. The first-order chi connectivity index (χ1) is 13.7. The monoisotopic (exact) mass is 429 g/mol. The number of aryl methyl sites for hydroxylation is 2. The molecule has 152 valence electrons. The molecule has 6 nitrogen and oxygen atoms in total. The third-order valence-corrected chi connectivity index (χ3v) is 6.67. The summed E-state index contributed by atoms with van der Waals surface area (Å²) in [7, 11) is 0. The van der Waals surface area contributed by atoms with Crippen molar-refractivity contribution in [1.29, 1.82) is 0 Å². The van der Waals surface area contributed by atoms with Crippen molar-refractivity contribution in [3.05, 3.63) is 53.2 Å². The van der Waals surface area contributed by atoms with Crippen LogP contribution in [0.15, 0.2) is 42.0 Å². The zero-order valence-corrected chi connectivity index (χ0v) is 17.7. The van der Waals surface area contributed by atoms with Crippen LogP contribution in [0.4, 0.5) is 5.13 Å². The Bertz CT molecular complexity index is 994. The van der Waals surface area contributed by atoms with Crippen LogP contribution >= 0.6 is 23.7 Å². The highest BCUT2D eigenvalue weighted by Gasteiger charge is 2.42. The Balaban J connectivity index is 0.00000205. The molecule has 1 aromatic carbocycles. The van der Waals surface area contributed by atoms with Gasteiger partial charge in [-0.3, -0.25) is 14.8 Å². The maximum atomic E-state index is 13.3. The first-order valence-electron chi connectivity index (χ1n) is 9.85. The van der Waals surface area contributed by atoms with Crippen LogP contribution in [-0.4, -0.2) is 33.8 Å². The second-order valence-electron chi connectivity index (χ2n) is 7.56. The van der Waals surface area contributed by atoms with Gasteiger partial charge in [-0.25, -0.2) is 4.98 Å². The van der Waals surface area contributed by atoms with Crippen molar-refractivity contribution in [3.63, 3.8) is 0 Å². The van der Waals surface area contributed by atoms with E-state index in [9.17, 15) is 4.79 Å². The molecule has 0 spiro atoms. The van der Waals surface area contributed by atoms with Gasteiger partial charge in [0.05, 0.1) is 5.69 Å². The number of fused-ring (bicyclic) bond motifs is 1. The number of thiazole rings is 1. The number of benzene rings is 1. The summed E-state index contributed by atoms with van der Waals surface area (Å²) in [6.45, 7) is 1.59. The summed E-state index contributed by atoms with van der Waals surface area (Å²) < 4.78 is 1.80. The number of hydrogen-bond acceptors (Lipinski definition) is 5. The molecule has 3 heterocycles. The first kappa shape index (κ1) is 20.1. The second kappa shape index (κ2) is 8.26. The minimum atomic E-state index is -0.659. The lowest BCUT2D eigenvalue weighted by Gasteiger charge is -2.36. The molecular formula is C21H24ClN5OS. The molecule has 1 fully saturated rings. The van der Waals surface area contributed by atoms with Gasteiger partial charge in [-0.1, -0.05) is 12.1 Å². The van der Waals surface area contributed by atoms with Crippen LogP contribution in [0.3, 0.4) is 0 Å². The zero-order chi connectivity index (χ0) is 19.0. The average molecular weight is 430 g/mol. The topological polar surface area (TPSA) is 71.8 Å². The molecule has 0 bridgehead atoms. The van der Waals surface area contributed by atoms with Gasteiger partial charge in [-0.2, -0.15) is 5.10 Å². The van der Waals surface area contributed by atoms with Crippen molar-refractivity contribution in [2.75, 3.05) is 18.4 Å². The summed E-state index contributed by atoms with van der Waals surface area (Å²) in [6.07, 6.45) is 8.60. The number of amides is 1. The second-order valence-corrected chi connectivity index (χ2v) is 8.42. The molecule has 1 aliphatic heterocycles. The van der Waals surface area contributed by atoms with Crippen molar-refractivity contribution in [2.45, 2.75) is 37.6 Å². The maximum absolute atomic E-state index is 13.3. The van der Waals surface area contributed by atoms with Crippen LogP contribution in [0.2, 0.25) is 0 Å². The van der Waals surface area contributed by atoms with E-state index in [-0.39, 0.29) is 18.3 Å². The van der Waals surface area contributed by atoms with Crippen LogP contribution in [-0.2, 0) is 23.2 Å². The fourth-order valence-corrected chi connectivity index (χ4v) is 5.05. The Morgan fingerprint density at radius 1 is 1.21 bits per heavy atom. The minimum absolute atomic E-state index is 0. The predicted molar refractivity (Wildman–Crippen MR) is 118 cm³/mol. The third kappa shape index (κ3) is 3.70. The molecule has 2 aliphatic rings. The van der Waals surface area contributed by atoms with E-state index in [2.05, 4.69) is 33.9 Å². The zero-order valence-electron chi connectivity index (χ0n) is 16.1. The Kier molecular flexibility index (Phi) is 5.72. The summed E-state index contributed by atoms with van der Waals surface area (Å²) >= 11 is 1.48. The number of nitrogens with zero attached hydrogens (tertiary/aromatic N) is 3. The van der Waals surface area contributed by atoms with Crippen LogP contribution in [0.1, 0.15) is 30.4 Å². The highest BCUT2D eigenvalue weighted by atomic mass is 35.5. The molecule has 0 radical (unpaired) electrons. The molecule has 1 saturated heterocycles. The van der Waals surface area contributed by atoms with Gasteiger partial charge in [-0.05, 0) is 68.5 Å². The van der Waals surface area contributed by atoms with Crippen LogP contribution in [0, 0.1) is 0 Å². The number of piperidine rings is 1. The molecule has 1 amide bonds. The van der Waals surface area contributed by atoms with Crippen LogP contribution in [0.5, 0.6) is 0 Å². The van der Waals surface area contributed by atoms with Crippen molar-refractivity contribution >= 4 is 34.8 Å². The Morgan fingerprint density at radius 2 is 2.03 bits per heavy atom. The predicted octanol–water partition coefficient (Wildman–Crippen LogP) is 3.63. The molecule has 0 atom stereocenters. The lowest BCUT2D eigenvalue weighted by atomic mass is 9.87. The third-order valence-electron chi connectivity index (χ3n) is 5.92. The van der Waals surface area contributed by atoms with E-state index in [1.807, 2.05) is 17.6 Å². The van der Waals surface area contributed by atoms with Crippen LogP contribution < -0.4 is 10.6 Å². The first-order valence-corrected chi connectivity index (χ1v) is 10.7. The molecule has 3 aromatic rings. The van der Waals surface area contributed by atoms with Gasteiger partial charge >= 0.3 is 0 Å². The highest BCUT2D eigenvalue weighted by molar-refractivity contribution is 7.14. The summed E-state index contributed by atoms with van der Waals surface area (Å²) in [5, 5.41) is 13.4. The number of anilines is 1. The summed E-state index contributed by atoms with van der Waals surface area (Å²) in [5.74, 6) is -0.0347. The van der Waals surface area contributed by atoms with E-state index in [1.54, 1.807) is 10.9 Å². The van der Waals surface area contributed by atoms with E-state index in [0.29, 0.717) is 18.0 Å². The van der Waals surface area contributed by atoms with E-state index >= 15 is 0 Å². The van der Waals surface area contributed by atoms with E-state index in [4.69, 9.17) is 4.98 Å². The van der Waals surface area contributed by atoms with Gasteiger partial charge in [0.1, 0.15) is 5.54 Å². The van der Waals surface area contributed by atoms with Crippen LogP contribution in [0.25, 0.3) is 11.3 Å². The molecular weight excluding hydrogens is 406 g/mol. The smallest absolute Gasteiger partial charge is 0.254 e. The molecule has 0 unspecified atom stereocenters. The van der Waals surface area contributed by atoms with Gasteiger partial charge in [0, 0.05) is 23.3 Å². The normalized spacial score (nSPS) is 17.4. The molecule has 5 rings (SSSR count). The number of carbonyl (C=O) groups excluding carboxylic acids is 1. The van der Waals surface area contributed by atoms with Crippen molar-refractivity contribution < 1.29 is 4.79 Å². The van der Waals surface area contributed by atoms with E-state index < -0.39 is 5.54 Å². The fraction of sp³-hybridized carbons (Fsp3) is 0.381. The number of hydrogen-bond donors (Lipinski definition) is 2. The van der Waals surface area contributed by atoms with Gasteiger partial charge < -0.3 is 5.32 Å². The number of nitrogens with one attached hydrogen (secondary N) is 2. The summed E-state index contributed by atoms with van der Waals surface area (Å²) in [5.41, 5.74) is 4.28. The van der Waals surface area contributed by atoms with E-state index in [0.717, 1.165) is 30.8 Å². The van der Waals surface area contributed by atoms with Gasteiger partial charge in [0.25, 0.3) is 5.91 Å². The molecule has 29 heavy (non-hydrogen) atoms. The summed E-state index contributed by atoms with van der Waals surface area (Å²) in [4.78, 5) is 17.9. The Morgan fingerprint density at radius 3 is 2.83 bits per heavy atom. The maximum Gasteiger partial charge on any atom is 0.254 e. The number of halogens is 1. The lowest BCUT2D eigenvalue weighted by molar-refractivity contribution is -0.126. The van der Waals surface area contributed by atoms with E-state index in [1.165, 1.54) is 35.3 Å². The minimum Gasteiger partial charge on any atom is -0.317 e. The van der Waals surface area contributed by atoms with Crippen molar-refractivity contribution in [2.24, 2.45) is 0 Å². The molecule has 2 aromatic heterocycles. The fourth-order valence-electron chi connectivity index (χ4n) is 4.33. The molecule has 1 aliphatic carbocycles. The quantitative estimate of drug-likeness (QED) is 0.664. The largest absolute Gasteiger partial charge is 0.317 e. The lowest BCUT2D eigenvalue weighted by Crippen LogP contribution is -2.52. The highest BCUT2D eigenvalue weighted by Crippen LogP contribution is 2.32. The number of rotatable bonds is 4. The molecule has 2 N–H and O–H groups in total. The Labute approximate surface area is 180 Å². The number of aromatic nitrogens is 3. The molecule has 0 saturated carbocycles. The SMILES string of the molecule is Cl.O=C(Nc1nc(-c2ccc3c(c2)CCC3)cs1)C1(n2cccn2)CCNCC1. The number of carbonyl (C=O) groups is 1. The van der Waals surface area contributed by atoms with Gasteiger partial charge in [0.2, 0.25) is 0 Å². The van der Waals surface area contributed by atoms with Gasteiger partial charge in [-0.15, -0.1) is 23.7 Å². The molecule has 8 heteroatoms. The van der Waals surface area contributed by atoms with Crippen molar-refractivity contribution in [3.8, 4) is 11.3 Å². The summed E-state index contributed by atoms with van der Waals surface area (Å²) in [6, 6.07) is 8.48. The standard InChI is InChI=1S/C21H23N5OS.ClH/c27-19(21(7-10-22-11-8-21)26-12-2-9-23-26)25-20-24-18(14-28-20)17-6-5-15-3-1-4-16(15)13-17;/h2,5-6,9,12-14,22H,1,3-4,7-8,10-11H2,(H,24,25,27);1H. The Hall–Kier alpha value is -2.22. The van der Waals surface area contributed by atoms with Gasteiger partial charge in [0.15, 0.2) is 5.13 Å².